The van der Waals surface area contributed by atoms with Gasteiger partial charge in [-0.15, -0.1) is 6.58 Å². The Bertz CT molecular complexity index is 175. The van der Waals surface area contributed by atoms with Crippen molar-refractivity contribution in [2.45, 2.75) is 37.8 Å². The second kappa shape index (κ2) is 8.20. The van der Waals surface area contributed by atoms with Gasteiger partial charge in [0.2, 0.25) is 0 Å². The largest absolute Gasteiger partial charge is 0.380 e. The number of rotatable bonds is 7. The zero-order valence-corrected chi connectivity index (χ0v) is 10.5. The third-order valence-electron chi connectivity index (χ3n) is 2.89. The lowest BCUT2D eigenvalue weighted by atomic mass is 9.92. The highest BCUT2D eigenvalue weighted by atomic mass is 32.2. The van der Waals surface area contributed by atoms with Gasteiger partial charge in [-0.1, -0.05) is 18.9 Å². The highest BCUT2D eigenvalue weighted by Gasteiger charge is 2.23. The first kappa shape index (κ1) is 13.1. The van der Waals surface area contributed by atoms with Crippen LogP contribution in [0.5, 0.6) is 0 Å². The molecule has 0 heterocycles. The summed E-state index contributed by atoms with van der Waals surface area (Å²) in [7, 11) is 1.83. The maximum atomic E-state index is 5.50. The first-order valence-electron chi connectivity index (χ1n) is 5.83. The van der Waals surface area contributed by atoms with Gasteiger partial charge in [0.1, 0.15) is 0 Å². The van der Waals surface area contributed by atoms with E-state index in [2.05, 4.69) is 11.9 Å². The molecular weight excluding hydrogens is 206 g/mol. The summed E-state index contributed by atoms with van der Waals surface area (Å²) >= 11 is 1.93. The monoisotopic (exact) mass is 229 g/mol. The fraction of sp³-hybridized carbons (Fsp3) is 0.833. The molecule has 2 nitrogen and oxygen atoms in total. The van der Waals surface area contributed by atoms with Crippen LogP contribution in [-0.2, 0) is 4.74 Å². The molecule has 0 spiro atoms. The predicted molar refractivity (Wildman–Crippen MR) is 68.6 cm³/mol. The number of thioether (sulfide) groups is 1. The summed E-state index contributed by atoms with van der Waals surface area (Å²) in [6.07, 6.45) is 7.55. The maximum Gasteiger partial charge on any atom is 0.0724 e. The number of methoxy groups -OCH3 is 1. The van der Waals surface area contributed by atoms with Crippen LogP contribution >= 0.6 is 11.8 Å². The Hall–Kier alpha value is 0.01000. The third kappa shape index (κ3) is 5.05. The lowest BCUT2D eigenvalue weighted by Crippen LogP contribution is -2.43. The molecular formula is C12H23NOS. The molecule has 15 heavy (non-hydrogen) atoms. The summed E-state index contributed by atoms with van der Waals surface area (Å²) in [5, 5.41) is 3.60. The first-order chi connectivity index (χ1) is 7.38. The van der Waals surface area contributed by atoms with E-state index in [1.54, 1.807) is 0 Å². The average Bonchev–Trinajstić information content (AvgIpc) is 2.29. The molecule has 0 aromatic carbocycles. The molecule has 0 aliphatic heterocycles. The van der Waals surface area contributed by atoms with Gasteiger partial charge in [0.25, 0.3) is 0 Å². The number of hydrogen-bond donors (Lipinski definition) is 1. The normalized spacial score (nSPS) is 26.5. The predicted octanol–water partition coefficient (Wildman–Crippen LogP) is 2.45. The minimum Gasteiger partial charge on any atom is -0.380 e. The minimum atomic E-state index is 0.433. The second-order valence-electron chi connectivity index (χ2n) is 3.98. The van der Waals surface area contributed by atoms with E-state index in [0.717, 1.165) is 12.3 Å². The van der Waals surface area contributed by atoms with Gasteiger partial charge in [-0.05, 0) is 12.8 Å². The highest BCUT2D eigenvalue weighted by Crippen LogP contribution is 2.20. The standard InChI is InChI=1S/C12H23NOS/c1-3-9-15-10-8-13-11-6-4-5-7-12(11)14-2/h3,11-13H,1,4-10H2,2H3. The number of ether oxygens (including phenoxy) is 1. The SMILES string of the molecule is C=CCSCCNC1CCCCC1OC. The number of hydrogen-bond acceptors (Lipinski definition) is 3. The molecule has 0 radical (unpaired) electrons. The summed E-state index contributed by atoms with van der Waals surface area (Å²) in [5.41, 5.74) is 0. The van der Waals surface area contributed by atoms with E-state index < -0.39 is 0 Å². The zero-order valence-electron chi connectivity index (χ0n) is 9.71. The molecule has 2 unspecified atom stereocenters. The van der Waals surface area contributed by atoms with E-state index in [1.165, 1.54) is 31.4 Å². The molecule has 1 N–H and O–H groups in total. The molecule has 3 heteroatoms. The van der Waals surface area contributed by atoms with Crippen LogP contribution in [0.15, 0.2) is 12.7 Å². The van der Waals surface area contributed by atoms with Crippen molar-refractivity contribution < 1.29 is 4.74 Å². The van der Waals surface area contributed by atoms with Crippen molar-refractivity contribution in [2.24, 2.45) is 0 Å². The Balaban J connectivity index is 2.09. The Labute approximate surface area is 97.8 Å². The van der Waals surface area contributed by atoms with Crippen molar-refractivity contribution in [3.63, 3.8) is 0 Å². The van der Waals surface area contributed by atoms with Crippen LogP contribution in [0.1, 0.15) is 25.7 Å². The van der Waals surface area contributed by atoms with Crippen molar-refractivity contribution in [3.8, 4) is 0 Å². The van der Waals surface area contributed by atoms with Crippen molar-refractivity contribution in [1.29, 1.82) is 0 Å². The lowest BCUT2D eigenvalue weighted by molar-refractivity contribution is 0.0426. The average molecular weight is 229 g/mol. The van der Waals surface area contributed by atoms with E-state index in [1.807, 2.05) is 24.9 Å². The summed E-state index contributed by atoms with van der Waals surface area (Å²) in [6.45, 7) is 4.80. The molecule has 0 amide bonds. The van der Waals surface area contributed by atoms with E-state index in [9.17, 15) is 0 Å². The molecule has 0 bridgehead atoms. The quantitative estimate of drug-likeness (QED) is 0.535. The second-order valence-corrected chi connectivity index (χ2v) is 5.13. The van der Waals surface area contributed by atoms with Crippen molar-refractivity contribution in [1.82, 2.24) is 5.32 Å². The number of nitrogens with one attached hydrogen (secondary N) is 1. The van der Waals surface area contributed by atoms with Crippen LogP contribution in [-0.4, -0.2) is 37.3 Å². The van der Waals surface area contributed by atoms with E-state index in [0.29, 0.717) is 12.1 Å². The lowest BCUT2D eigenvalue weighted by Gasteiger charge is -2.31. The van der Waals surface area contributed by atoms with E-state index in [-0.39, 0.29) is 0 Å². The van der Waals surface area contributed by atoms with Crippen molar-refractivity contribution >= 4 is 11.8 Å². The molecule has 0 aromatic rings. The Morgan fingerprint density at radius 1 is 1.47 bits per heavy atom. The van der Waals surface area contributed by atoms with Crippen LogP contribution in [0.4, 0.5) is 0 Å². The summed E-state index contributed by atoms with van der Waals surface area (Å²) < 4.78 is 5.50. The molecule has 1 saturated carbocycles. The fourth-order valence-electron chi connectivity index (χ4n) is 2.10. The maximum absolute atomic E-state index is 5.50. The van der Waals surface area contributed by atoms with Crippen LogP contribution < -0.4 is 5.32 Å². The van der Waals surface area contributed by atoms with Crippen LogP contribution in [0.25, 0.3) is 0 Å². The summed E-state index contributed by atoms with van der Waals surface area (Å²) in [5.74, 6) is 2.22. The van der Waals surface area contributed by atoms with Crippen LogP contribution in [0.3, 0.4) is 0 Å². The third-order valence-corrected chi connectivity index (χ3v) is 3.86. The van der Waals surface area contributed by atoms with Crippen LogP contribution in [0.2, 0.25) is 0 Å². The van der Waals surface area contributed by atoms with Gasteiger partial charge in [-0.25, -0.2) is 0 Å². The van der Waals surface area contributed by atoms with Gasteiger partial charge in [-0.3, -0.25) is 0 Å². The fourth-order valence-corrected chi connectivity index (χ4v) is 2.69. The molecule has 88 valence electrons. The van der Waals surface area contributed by atoms with E-state index >= 15 is 0 Å². The van der Waals surface area contributed by atoms with Crippen LogP contribution in [0, 0.1) is 0 Å². The van der Waals surface area contributed by atoms with Crippen molar-refractivity contribution in [2.75, 3.05) is 25.2 Å². The highest BCUT2D eigenvalue weighted by molar-refractivity contribution is 7.99. The molecule has 1 aliphatic rings. The molecule has 0 aromatic heterocycles. The Morgan fingerprint density at radius 3 is 3.00 bits per heavy atom. The van der Waals surface area contributed by atoms with Gasteiger partial charge >= 0.3 is 0 Å². The van der Waals surface area contributed by atoms with E-state index in [4.69, 9.17) is 4.74 Å². The minimum absolute atomic E-state index is 0.433. The van der Waals surface area contributed by atoms with Gasteiger partial charge in [0.05, 0.1) is 6.10 Å². The zero-order chi connectivity index (χ0) is 10.9. The van der Waals surface area contributed by atoms with Crippen molar-refractivity contribution in [3.05, 3.63) is 12.7 Å². The molecule has 0 saturated heterocycles. The topological polar surface area (TPSA) is 21.3 Å². The molecule has 1 fully saturated rings. The van der Waals surface area contributed by atoms with Gasteiger partial charge in [-0.2, -0.15) is 11.8 Å². The first-order valence-corrected chi connectivity index (χ1v) is 6.98. The van der Waals surface area contributed by atoms with Gasteiger partial charge < -0.3 is 10.1 Å². The Morgan fingerprint density at radius 2 is 2.27 bits per heavy atom. The smallest absolute Gasteiger partial charge is 0.0724 e. The Kier molecular flexibility index (Phi) is 7.14. The summed E-state index contributed by atoms with van der Waals surface area (Å²) in [6, 6.07) is 0.577. The molecule has 1 rings (SSSR count). The van der Waals surface area contributed by atoms with Gasteiger partial charge in [0.15, 0.2) is 0 Å². The molecule has 2 atom stereocenters. The molecule has 1 aliphatic carbocycles. The summed E-state index contributed by atoms with van der Waals surface area (Å²) in [4.78, 5) is 0. The van der Waals surface area contributed by atoms with Gasteiger partial charge in [0, 0.05) is 31.2 Å².